The SMILES string of the molecule is CCOCCC(=O)CC(=O)c1ccc(Cl)c(Cl)c1. The molecule has 0 heterocycles. The van der Waals surface area contributed by atoms with Crippen molar-refractivity contribution in [3.05, 3.63) is 33.8 Å². The fraction of sp³-hybridized carbons (Fsp3) is 0.385. The molecule has 1 rings (SSSR count). The van der Waals surface area contributed by atoms with Crippen LogP contribution in [0.3, 0.4) is 0 Å². The van der Waals surface area contributed by atoms with Gasteiger partial charge in [0, 0.05) is 18.6 Å². The molecular formula is C13H14Cl2O3. The highest BCUT2D eigenvalue weighted by atomic mass is 35.5. The van der Waals surface area contributed by atoms with Gasteiger partial charge in [-0.15, -0.1) is 0 Å². The van der Waals surface area contributed by atoms with E-state index < -0.39 is 0 Å². The molecule has 0 aromatic heterocycles. The average molecular weight is 289 g/mol. The number of rotatable bonds is 7. The van der Waals surface area contributed by atoms with Crippen molar-refractivity contribution in [2.45, 2.75) is 19.8 Å². The van der Waals surface area contributed by atoms with Crippen molar-refractivity contribution in [3.8, 4) is 0 Å². The summed E-state index contributed by atoms with van der Waals surface area (Å²) in [5.74, 6) is -0.394. The van der Waals surface area contributed by atoms with E-state index >= 15 is 0 Å². The van der Waals surface area contributed by atoms with Crippen molar-refractivity contribution in [2.24, 2.45) is 0 Å². The van der Waals surface area contributed by atoms with Gasteiger partial charge in [0.1, 0.15) is 5.78 Å². The molecule has 0 aliphatic heterocycles. The molecule has 0 aliphatic carbocycles. The topological polar surface area (TPSA) is 43.4 Å². The fourth-order valence-electron chi connectivity index (χ4n) is 1.37. The predicted octanol–water partition coefficient (Wildman–Crippen LogP) is 3.56. The Kier molecular flexibility index (Phi) is 6.33. The van der Waals surface area contributed by atoms with Crippen LogP contribution >= 0.6 is 23.2 Å². The van der Waals surface area contributed by atoms with Crippen LogP contribution in [0.5, 0.6) is 0 Å². The molecule has 5 heteroatoms. The summed E-state index contributed by atoms with van der Waals surface area (Å²) in [5, 5.41) is 0.695. The van der Waals surface area contributed by atoms with Crippen molar-refractivity contribution in [1.82, 2.24) is 0 Å². The highest BCUT2D eigenvalue weighted by Crippen LogP contribution is 2.23. The third-order valence-electron chi connectivity index (χ3n) is 2.33. The largest absolute Gasteiger partial charge is 0.381 e. The molecule has 0 amide bonds. The lowest BCUT2D eigenvalue weighted by Crippen LogP contribution is -2.10. The normalized spacial score (nSPS) is 10.4. The lowest BCUT2D eigenvalue weighted by molar-refractivity contribution is -0.119. The zero-order chi connectivity index (χ0) is 13.5. The summed E-state index contributed by atoms with van der Waals surface area (Å²) in [7, 11) is 0. The van der Waals surface area contributed by atoms with E-state index in [-0.39, 0.29) is 24.4 Å². The van der Waals surface area contributed by atoms with Crippen LogP contribution in [0, 0.1) is 0 Å². The maximum absolute atomic E-state index is 11.8. The van der Waals surface area contributed by atoms with E-state index in [1.165, 1.54) is 6.07 Å². The molecule has 0 N–H and O–H groups in total. The van der Waals surface area contributed by atoms with Gasteiger partial charge in [0.05, 0.1) is 23.1 Å². The minimum absolute atomic E-state index is 0.134. The zero-order valence-corrected chi connectivity index (χ0v) is 11.6. The van der Waals surface area contributed by atoms with E-state index in [9.17, 15) is 9.59 Å². The molecule has 3 nitrogen and oxygen atoms in total. The number of Topliss-reactive ketones (excluding diaryl/α,β-unsaturated/α-hetero) is 2. The third kappa shape index (κ3) is 4.77. The summed E-state index contributed by atoms with van der Waals surface area (Å²) < 4.78 is 5.06. The van der Waals surface area contributed by atoms with Crippen LogP contribution in [0.1, 0.15) is 30.1 Å². The van der Waals surface area contributed by atoms with Crippen LogP contribution in [-0.2, 0) is 9.53 Å². The van der Waals surface area contributed by atoms with Gasteiger partial charge < -0.3 is 4.74 Å². The summed E-state index contributed by atoms with van der Waals surface area (Å²) in [6.07, 6.45) is 0.117. The van der Waals surface area contributed by atoms with Crippen molar-refractivity contribution in [2.75, 3.05) is 13.2 Å². The molecule has 0 saturated heterocycles. The van der Waals surface area contributed by atoms with Crippen LogP contribution in [0.2, 0.25) is 10.0 Å². The number of benzene rings is 1. The Labute approximate surface area is 116 Å². The Balaban J connectivity index is 2.54. The van der Waals surface area contributed by atoms with Crippen molar-refractivity contribution in [1.29, 1.82) is 0 Å². The molecule has 1 aromatic rings. The van der Waals surface area contributed by atoms with E-state index in [1.807, 2.05) is 6.92 Å². The lowest BCUT2D eigenvalue weighted by atomic mass is 10.0. The number of hydrogen-bond donors (Lipinski definition) is 0. The van der Waals surface area contributed by atoms with Crippen molar-refractivity contribution in [3.63, 3.8) is 0 Å². The monoisotopic (exact) mass is 288 g/mol. The Morgan fingerprint density at radius 3 is 2.56 bits per heavy atom. The van der Waals surface area contributed by atoms with Gasteiger partial charge in [0.2, 0.25) is 0 Å². The molecular weight excluding hydrogens is 275 g/mol. The molecule has 0 unspecified atom stereocenters. The Bertz CT molecular complexity index is 444. The van der Waals surface area contributed by atoms with E-state index in [4.69, 9.17) is 27.9 Å². The number of carbonyl (C=O) groups is 2. The predicted molar refractivity (Wildman–Crippen MR) is 71.5 cm³/mol. The van der Waals surface area contributed by atoms with Gasteiger partial charge in [-0.05, 0) is 25.1 Å². The van der Waals surface area contributed by atoms with Gasteiger partial charge in [-0.1, -0.05) is 23.2 Å². The van der Waals surface area contributed by atoms with Crippen LogP contribution in [0.4, 0.5) is 0 Å². The molecule has 0 saturated carbocycles. The molecule has 98 valence electrons. The minimum atomic E-state index is -0.255. The second-order valence-corrected chi connectivity index (χ2v) is 4.53. The van der Waals surface area contributed by atoms with E-state index in [1.54, 1.807) is 12.1 Å². The standard InChI is InChI=1S/C13H14Cl2O3/c1-2-18-6-5-10(16)8-13(17)9-3-4-11(14)12(15)7-9/h3-4,7H,2,5-6,8H2,1H3. The van der Waals surface area contributed by atoms with Crippen LogP contribution in [0.15, 0.2) is 18.2 Å². The van der Waals surface area contributed by atoms with E-state index in [0.717, 1.165) is 0 Å². The smallest absolute Gasteiger partial charge is 0.170 e. The molecule has 18 heavy (non-hydrogen) atoms. The number of ether oxygens (including phenoxy) is 1. The third-order valence-corrected chi connectivity index (χ3v) is 3.07. The first-order chi connectivity index (χ1) is 8.54. The van der Waals surface area contributed by atoms with Gasteiger partial charge in [0.25, 0.3) is 0 Å². The summed E-state index contributed by atoms with van der Waals surface area (Å²) in [5.41, 5.74) is 0.397. The van der Waals surface area contributed by atoms with Crippen LogP contribution in [-0.4, -0.2) is 24.8 Å². The van der Waals surface area contributed by atoms with Gasteiger partial charge >= 0.3 is 0 Å². The first kappa shape index (κ1) is 15.2. The Morgan fingerprint density at radius 1 is 1.22 bits per heavy atom. The number of hydrogen-bond acceptors (Lipinski definition) is 3. The van der Waals surface area contributed by atoms with E-state index in [0.29, 0.717) is 28.8 Å². The number of ketones is 2. The average Bonchev–Trinajstić information content (AvgIpc) is 2.33. The highest BCUT2D eigenvalue weighted by molar-refractivity contribution is 6.42. The van der Waals surface area contributed by atoms with Crippen molar-refractivity contribution >= 4 is 34.8 Å². The fourth-order valence-corrected chi connectivity index (χ4v) is 1.67. The van der Waals surface area contributed by atoms with Gasteiger partial charge in [-0.3, -0.25) is 9.59 Å². The second kappa shape index (κ2) is 7.52. The number of halogens is 2. The summed E-state index contributed by atoms with van der Waals surface area (Å²) >= 11 is 11.6. The lowest BCUT2D eigenvalue weighted by Gasteiger charge is -2.03. The highest BCUT2D eigenvalue weighted by Gasteiger charge is 2.12. The summed E-state index contributed by atoms with van der Waals surface area (Å²) in [6, 6.07) is 4.58. The number of carbonyl (C=O) groups excluding carboxylic acids is 2. The molecule has 1 aromatic carbocycles. The first-order valence-electron chi connectivity index (χ1n) is 5.62. The maximum atomic E-state index is 11.8. The van der Waals surface area contributed by atoms with Crippen LogP contribution in [0.25, 0.3) is 0 Å². The first-order valence-corrected chi connectivity index (χ1v) is 6.38. The molecule has 0 aliphatic rings. The van der Waals surface area contributed by atoms with Gasteiger partial charge in [-0.25, -0.2) is 0 Å². The molecule has 0 atom stereocenters. The quantitative estimate of drug-likeness (QED) is 0.438. The summed E-state index contributed by atoms with van der Waals surface area (Å²) in [4.78, 5) is 23.3. The Hall–Kier alpha value is -0.900. The minimum Gasteiger partial charge on any atom is -0.381 e. The molecule has 0 spiro atoms. The molecule has 0 fully saturated rings. The van der Waals surface area contributed by atoms with Crippen LogP contribution < -0.4 is 0 Å². The summed E-state index contributed by atoms with van der Waals surface area (Å²) in [6.45, 7) is 2.77. The molecule has 0 bridgehead atoms. The molecule has 0 radical (unpaired) electrons. The Morgan fingerprint density at radius 2 is 1.94 bits per heavy atom. The van der Waals surface area contributed by atoms with Gasteiger partial charge in [-0.2, -0.15) is 0 Å². The van der Waals surface area contributed by atoms with Gasteiger partial charge in [0.15, 0.2) is 5.78 Å². The van der Waals surface area contributed by atoms with Crippen molar-refractivity contribution < 1.29 is 14.3 Å². The second-order valence-electron chi connectivity index (χ2n) is 3.71. The zero-order valence-electron chi connectivity index (χ0n) is 10.0. The van der Waals surface area contributed by atoms with E-state index in [2.05, 4.69) is 0 Å². The maximum Gasteiger partial charge on any atom is 0.170 e.